The zero-order valence-electron chi connectivity index (χ0n) is 11.9. The number of carbonyl (C=O) groups is 1. The number of nitrogens with zero attached hydrogens (tertiary/aromatic N) is 4. The molecule has 0 fully saturated rings. The Morgan fingerprint density at radius 1 is 1.09 bits per heavy atom. The zero-order chi connectivity index (χ0) is 15.5. The van der Waals surface area contributed by atoms with Crippen LogP contribution in [0.5, 0.6) is 0 Å². The second-order valence-corrected chi connectivity index (χ2v) is 5.87. The van der Waals surface area contributed by atoms with Crippen molar-refractivity contribution in [1.29, 1.82) is 0 Å². The minimum absolute atomic E-state index is 0.0225. The van der Waals surface area contributed by atoms with Gasteiger partial charge >= 0.3 is 0 Å². The van der Waals surface area contributed by atoms with E-state index >= 15 is 0 Å². The maximum absolute atomic E-state index is 12.3. The molecular weight excluding hydrogens is 344 g/mol. The normalized spacial score (nSPS) is 10.6. The summed E-state index contributed by atoms with van der Waals surface area (Å²) >= 11 is 3.39. The molecule has 3 aromatic rings. The molecule has 0 N–H and O–H groups in total. The number of rotatable bonds is 4. The lowest BCUT2D eigenvalue weighted by molar-refractivity contribution is 0.0967. The summed E-state index contributed by atoms with van der Waals surface area (Å²) in [6.07, 6.45) is 0. The molecule has 1 aromatic heterocycles. The van der Waals surface area contributed by atoms with E-state index in [1.807, 2.05) is 55.5 Å². The summed E-state index contributed by atoms with van der Waals surface area (Å²) in [6.45, 7) is 2.10. The van der Waals surface area contributed by atoms with Gasteiger partial charge in [0.1, 0.15) is 6.54 Å². The van der Waals surface area contributed by atoms with E-state index in [9.17, 15) is 4.79 Å². The maximum Gasteiger partial charge on any atom is 0.184 e. The van der Waals surface area contributed by atoms with Crippen LogP contribution >= 0.6 is 15.9 Å². The number of halogens is 1. The van der Waals surface area contributed by atoms with Crippen molar-refractivity contribution in [3.8, 4) is 11.4 Å². The quantitative estimate of drug-likeness (QED) is 0.673. The van der Waals surface area contributed by atoms with Gasteiger partial charge < -0.3 is 0 Å². The molecule has 6 heteroatoms. The number of aryl methyl sites for hydroxylation is 1. The lowest BCUT2D eigenvalue weighted by atomic mass is 10.1. The summed E-state index contributed by atoms with van der Waals surface area (Å²) < 4.78 is 2.50. The summed E-state index contributed by atoms with van der Waals surface area (Å²) in [5.41, 5.74) is 2.64. The SMILES string of the molecule is Cc1ccc(C(=O)Cn2nnnc2-c2ccc(Br)cc2)cc1. The van der Waals surface area contributed by atoms with Gasteiger partial charge in [-0.25, -0.2) is 4.68 Å². The van der Waals surface area contributed by atoms with E-state index in [1.165, 1.54) is 4.68 Å². The van der Waals surface area contributed by atoms with Gasteiger partial charge in [-0.05, 0) is 29.5 Å². The van der Waals surface area contributed by atoms with Crippen molar-refractivity contribution in [3.05, 3.63) is 64.1 Å². The molecule has 3 rings (SSSR count). The highest BCUT2D eigenvalue weighted by atomic mass is 79.9. The highest BCUT2D eigenvalue weighted by Gasteiger charge is 2.13. The highest BCUT2D eigenvalue weighted by molar-refractivity contribution is 9.10. The number of ketones is 1. The van der Waals surface area contributed by atoms with Crippen LogP contribution in [0.4, 0.5) is 0 Å². The van der Waals surface area contributed by atoms with Gasteiger partial charge in [-0.2, -0.15) is 0 Å². The van der Waals surface area contributed by atoms with Crippen molar-refractivity contribution in [2.45, 2.75) is 13.5 Å². The van der Waals surface area contributed by atoms with E-state index in [-0.39, 0.29) is 12.3 Å². The van der Waals surface area contributed by atoms with E-state index in [0.717, 1.165) is 15.6 Å². The Kier molecular flexibility index (Phi) is 4.11. The van der Waals surface area contributed by atoms with E-state index in [4.69, 9.17) is 0 Å². The molecule has 0 spiro atoms. The van der Waals surface area contributed by atoms with Crippen LogP contribution < -0.4 is 0 Å². The molecule has 0 unspecified atom stereocenters. The third kappa shape index (κ3) is 3.12. The number of Topliss-reactive ketones (excluding diaryl/α,β-unsaturated/α-hetero) is 1. The van der Waals surface area contributed by atoms with Crippen LogP contribution in [-0.4, -0.2) is 26.0 Å². The molecule has 5 nitrogen and oxygen atoms in total. The molecule has 110 valence electrons. The van der Waals surface area contributed by atoms with Crippen LogP contribution in [0.25, 0.3) is 11.4 Å². The van der Waals surface area contributed by atoms with Gasteiger partial charge in [0.2, 0.25) is 0 Å². The van der Waals surface area contributed by atoms with Crippen LogP contribution in [0.2, 0.25) is 0 Å². The van der Waals surface area contributed by atoms with Gasteiger partial charge in [0.05, 0.1) is 0 Å². The Hall–Kier alpha value is -2.34. The summed E-state index contributed by atoms with van der Waals surface area (Å²) in [4.78, 5) is 12.3. The summed E-state index contributed by atoms with van der Waals surface area (Å²) in [6, 6.07) is 15.1. The molecule has 22 heavy (non-hydrogen) atoms. The van der Waals surface area contributed by atoms with Gasteiger partial charge in [0.25, 0.3) is 0 Å². The molecule has 0 amide bonds. The number of hydrogen-bond acceptors (Lipinski definition) is 4. The van der Waals surface area contributed by atoms with Crippen molar-refractivity contribution in [3.63, 3.8) is 0 Å². The predicted molar refractivity (Wildman–Crippen MR) is 86.5 cm³/mol. The lowest BCUT2D eigenvalue weighted by Gasteiger charge is -2.05. The standard InChI is InChI=1S/C16H13BrN4O/c1-11-2-4-12(5-3-11)15(22)10-21-16(18-19-20-21)13-6-8-14(17)9-7-13/h2-9H,10H2,1H3. The first-order chi connectivity index (χ1) is 10.6. The number of tetrazole rings is 1. The van der Waals surface area contributed by atoms with E-state index in [0.29, 0.717) is 11.4 Å². The minimum Gasteiger partial charge on any atom is -0.292 e. The third-order valence-electron chi connectivity index (χ3n) is 3.30. The Bertz CT molecular complexity index is 794. The summed E-state index contributed by atoms with van der Waals surface area (Å²) in [5.74, 6) is 0.554. The average molecular weight is 357 g/mol. The van der Waals surface area contributed by atoms with Gasteiger partial charge in [0.15, 0.2) is 11.6 Å². The van der Waals surface area contributed by atoms with Crippen molar-refractivity contribution >= 4 is 21.7 Å². The Labute approximate surface area is 136 Å². The maximum atomic E-state index is 12.3. The predicted octanol–water partition coefficient (Wildman–Crippen LogP) is 3.29. The summed E-state index contributed by atoms with van der Waals surface area (Å²) in [7, 11) is 0. The number of hydrogen-bond donors (Lipinski definition) is 0. The smallest absolute Gasteiger partial charge is 0.184 e. The minimum atomic E-state index is -0.0225. The third-order valence-corrected chi connectivity index (χ3v) is 3.83. The van der Waals surface area contributed by atoms with Crippen LogP contribution in [0.15, 0.2) is 53.0 Å². The monoisotopic (exact) mass is 356 g/mol. The Morgan fingerprint density at radius 3 is 2.45 bits per heavy atom. The fraction of sp³-hybridized carbons (Fsp3) is 0.125. The molecule has 0 saturated heterocycles. The first-order valence-electron chi connectivity index (χ1n) is 6.75. The van der Waals surface area contributed by atoms with Crippen molar-refractivity contribution in [2.24, 2.45) is 0 Å². The molecule has 0 saturated carbocycles. The van der Waals surface area contributed by atoms with E-state index < -0.39 is 0 Å². The molecule has 1 heterocycles. The summed E-state index contributed by atoms with van der Waals surface area (Å²) in [5, 5.41) is 11.6. The van der Waals surface area contributed by atoms with Gasteiger partial charge in [-0.15, -0.1) is 5.10 Å². The van der Waals surface area contributed by atoms with Gasteiger partial charge in [0, 0.05) is 15.6 Å². The van der Waals surface area contributed by atoms with E-state index in [2.05, 4.69) is 31.5 Å². The van der Waals surface area contributed by atoms with Crippen molar-refractivity contribution < 1.29 is 4.79 Å². The Morgan fingerprint density at radius 2 is 1.77 bits per heavy atom. The molecule has 0 aliphatic carbocycles. The molecule has 0 bridgehead atoms. The van der Waals surface area contributed by atoms with Crippen LogP contribution in [0, 0.1) is 6.92 Å². The zero-order valence-corrected chi connectivity index (χ0v) is 13.5. The first-order valence-corrected chi connectivity index (χ1v) is 7.55. The first kappa shape index (κ1) is 14.6. The number of benzene rings is 2. The van der Waals surface area contributed by atoms with Crippen molar-refractivity contribution in [2.75, 3.05) is 0 Å². The topological polar surface area (TPSA) is 60.7 Å². The van der Waals surface area contributed by atoms with Crippen LogP contribution in [0.1, 0.15) is 15.9 Å². The van der Waals surface area contributed by atoms with Gasteiger partial charge in [-0.1, -0.05) is 57.9 Å². The van der Waals surface area contributed by atoms with Gasteiger partial charge in [-0.3, -0.25) is 4.79 Å². The molecule has 0 atom stereocenters. The number of aromatic nitrogens is 4. The molecule has 0 aliphatic heterocycles. The largest absolute Gasteiger partial charge is 0.292 e. The average Bonchev–Trinajstić information content (AvgIpc) is 2.97. The molecule has 0 aliphatic rings. The van der Waals surface area contributed by atoms with E-state index in [1.54, 1.807) is 0 Å². The Balaban J connectivity index is 1.84. The van der Waals surface area contributed by atoms with Crippen molar-refractivity contribution in [1.82, 2.24) is 20.2 Å². The fourth-order valence-electron chi connectivity index (χ4n) is 2.08. The van der Waals surface area contributed by atoms with Crippen LogP contribution in [0.3, 0.4) is 0 Å². The number of carbonyl (C=O) groups excluding carboxylic acids is 1. The molecule has 2 aromatic carbocycles. The fourth-order valence-corrected chi connectivity index (χ4v) is 2.35. The molecular formula is C16H13BrN4O. The van der Waals surface area contributed by atoms with Crippen LogP contribution in [-0.2, 0) is 6.54 Å². The second kappa shape index (κ2) is 6.19. The lowest BCUT2D eigenvalue weighted by Crippen LogP contribution is -2.13. The molecule has 0 radical (unpaired) electrons. The highest BCUT2D eigenvalue weighted by Crippen LogP contribution is 2.19. The second-order valence-electron chi connectivity index (χ2n) is 4.96.